The van der Waals surface area contributed by atoms with Crippen molar-refractivity contribution in [3.05, 3.63) is 35.9 Å². The second-order valence-electron chi connectivity index (χ2n) is 4.23. The van der Waals surface area contributed by atoms with E-state index in [1.807, 2.05) is 0 Å². The molecule has 1 heterocycles. The second kappa shape index (κ2) is 5.89. The largest absolute Gasteiger partial charge is 0.314 e. The highest BCUT2D eigenvalue weighted by atomic mass is 15.0. The molecule has 0 aromatic heterocycles. The summed E-state index contributed by atoms with van der Waals surface area (Å²) in [7, 11) is 0. The zero-order valence-electron chi connectivity index (χ0n) is 9.21. The molecule has 2 heteroatoms. The molecule has 1 aromatic rings. The van der Waals surface area contributed by atoms with Gasteiger partial charge in [0.15, 0.2) is 0 Å². The lowest BCUT2D eigenvalue weighted by molar-refractivity contribution is 0.392. The lowest BCUT2D eigenvalue weighted by Crippen LogP contribution is -2.48. The third kappa shape index (κ3) is 3.65. The van der Waals surface area contributed by atoms with Crippen LogP contribution in [0.15, 0.2) is 30.3 Å². The van der Waals surface area contributed by atoms with Gasteiger partial charge >= 0.3 is 0 Å². The number of hydrogen-bond acceptors (Lipinski definition) is 2. The number of piperazine rings is 1. The van der Waals surface area contributed by atoms with Crippen LogP contribution in [-0.4, -0.2) is 25.7 Å². The molecular formula is C13H20N2. The maximum Gasteiger partial charge on any atom is 0.0193 e. The summed E-state index contributed by atoms with van der Waals surface area (Å²) in [5.41, 5.74) is 1.46. The molecule has 0 saturated carbocycles. The van der Waals surface area contributed by atoms with E-state index in [4.69, 9.17) is 0 Å². The number of hydrogen-bond donors (Lipinski definition) is 2. The molecule has 1 aromatic carbocycles. The zero-order valence-corrected chi connectivity index (χ0v) is 9.21. The van der Waals surface area contributed by atoms with Crippen molar-refractivity contribution in [3.63, 3.8) is 0 Å². The maximum atomic E-state index is 3.54. The van der Waals surface area contributed by atoms with Crippen molar-refractivity contribution in [3.8, 4) is 0 Å². The summed E-state index contributed by atoms with van der Waals surface area (Å²) < 4.78 is 0. The third-order valence-corrected chi connectivity index (χ3v) is 2.99. The van der Waals surface area contributed by atoms with Crippen LogP contribution in [0.1, 0.15) is 18.4 Å². The fourth-order valence-corrected chi connectivity index (χ4v) is 2.11. The minimum Gasteiger partial charge on any atom is -0.314 e. The van der Waals surface area contributed by atoms with Crippen molar-refractivity contribution in [1.82, 2.24) is 10.6 Å². The van der Waals surface area contributed by atoms with E-state index in [1.54, 1.807) is 0 Å². The molecule has 0 aliphatic carbocycles. The van der Waals surface area contributed by atoms with Gasteiger partial charge in [0.2, 0.25) is 0 Å². The van der Waals surface area contributed by atoms with Crippen LogP contribution < -0.4 is 10.6 Å². The van der Waals surface area contributed by atoms with Crippen LogP contribution in [-0.2, 0) is 6.42 Å². The smallest absolute Gasteiger partial charge is 0.0193 e. The van der Waals surface area contributed by atoms with Crippen LogP contribution in [0.2, 0.25) is 0 Å². The topological polar surface area (TPSA) is 24.1 Å². The first-order valence-electron chi connectivity index (χ1n) is 5.93. The van der Waals surface area contributed by atoms with Crippen molar-refractivity contribution in [2.24, 2.45) is 0 Å². The monoisotopic (exact) mass is 204 g/mol. The van der Waals surface area contributed by atoms with Gasteiger partial charge in [-0.05, 0) is 24.8 Å². The molecule has 0 radical (unpaired) electrons. The quantitative estimate of drug-likeness (QED) is 0.778. The highest BCUT2D eigenvalue weighted by Gasteiger charge is 2.10. The molecule has 1 saturated heterocycles. The Balaban J connectivity index is 1.66. The van der Waals surface area contributed by atoms with Gasteiger partial charge in [0.25, 0.3) is 0 Å². The van der Waals surface area contributed by atoms with Gasteiger partial charge in [-0.1, -0.05) is 30.3 Å². The van der Waals surface area contributed by atoms with Gasteiger partial charge in [-0.15, -0.1) is 0 Å². The Bertz CT molecular complexity index is 265. The van der Waals surface area contributed by atoms with E-state index >= 15 is 0 Å². The van der Waals surface area contributed by atoms with Gasteiger partial charge in [0, 0.05) is 25.7 Å². The van der Waals surface area contributed by atoms with E-state index in [-0.39, 0.29) is 0 Å². The Kier molecular flexibility index (Phi) is 4.18. The number of aryl methyl sites for hydroxylation is 1. The molecule has 1 aliphatic heterocycles. The van der Waals surface area contributed by atoms with Crippen LogP contribution in [0, 0.1) is 0 Å². The van der Waals surface area contributed by atoms with Gasteiger partial charge in [0.1, 0.15) is 0 Å². The molecule has 82 valence electrons. The molecule has 0 bridgehead atoms. The van der Waals surface area contributed by atoms with E-state index in [1.165, 1.54) is 24.8 Å². The van der Waals surface area contributed by atoms with E-state index in [0.717, 1.165) is 19.6 Å². The zero-order chi connectivity index (χ0) is 10.3. The molecular weight excluding hydrogens is 184 g/mol. The average molecular weight is 204 g/mol. The lowest BCUT2D eigenvalue weighted by atomic mass is 10.0. The molecule has 1 fully saturated rings. The van der Waals surface area contributed by atoms with E-state index in [0.29, 0.717) is 6.04 Å². The second-order valence-corrected chi connectivity index (χ2v) is 4.23. The molecule has 1 unspecified atom stereocenters. The van der Waals surface area contributed by atoms with Gasteiger partial charge < -0.3 is 10.6 Å². The van der Waals surface area contributed by atoms with E-state index in [9.17, 15) is 0 Å². The van der Waals surface area contributed by atoms with Crippen molar-refractivity contribution in [2.45, 2.75) is 25.3 Å². The van der Waals surface area contributed by atoms with E-state index in [2.05, 4.69) is 41.0 Å². The van der Waals surface area contributed by atoms with Crippen LogP contribution in [0.25, 0.3) is 0 Å². The summed E-state index contributed by atoms with van der Waals surface area (Å²) in [4.78, 5) is 0. The summed E-state index contributed by atoms with van der Waals surface area (Å²) in [6, 6.07) is 11.4. The van der Waals surface area contributed by atoms with Crippen molar-refractivity contribution >= 4 is 0 Å². The van der Waals surface area contributed by atoms with Crippen molar-refractivity contribution in [2.75, 3.05) is 19.6 Å². The highest BCUT2D eigenvalue weighted by Crippen LogP contribution is 2.06. The predicted octanol–water partition coefficient (Wildman–Crippen LogP) is 1.57. The first-order chi connectivity index (χ1) is 7.45. The Labute approximate surface area is 92.1 Å². The Hall–Kier alpha value is -0.860. The van der Waals surface area contributed by atoms with E-state index < -0.39 is 0 Å². The van der Waals surface area contributed by atoms with Crippen LogP contribution in [0.5, 0.6) is 0 Å². The molecule has 0 amide bonds. The molecule has 1 atom stereocenters. The highest BCUT2D eigenvalue weighted by molar-refractivity contribution is 5.14. The molecule has 15 heavy (non-hydrogen) atoms. The summed E-state index contributed by atoms with van der Waals surface area (Å²) in [6.45, 7) is 3.37. The number of benzene rings is 1. The molecule has 1 aliphatic rings. The van der Waals surface area contributed by atoms with Gasteiger partial charge in [-0.2, -0.15) is 0 Å². The summed E-state index contributed by atoms with van der Waals surface area (Å²) >= 11 is 0. The Morgan fingerprint density at radius 3 is 2.73 bits per heavy atom. The van der Waals surface area contributed by atoms with Gasteiger partial charge in [-0.3, -0.25) is 0 Å². The molecule has 2 nitrogen and oxygen atoms in total. The van der Waals surface area contributed by atoms with Crippen LogP contribution in [0.4, 0.5) is 0 Å². The lowest BCUT2D eigenvalue weighted by Gasteiger charge is -2.24. The predicted molar refractivity (Wildman–Crippen MR) is 64.0 cm³/mol. The van der Waals surface area contributed by atoms with Crippen molar-refractivity contribution in [1.29, 1.82) is 0 Å². The van der Waals surface area contributed by atoms with Gasteiger partial charge in [-0.25, -0.2) is 0 Å². The van der Waals surface area contributed by atoms with Crippen LogP contribution >= 0.6 is 0 Å². The fourth-order valence-electron chi connectivity index (χ4n) is 2.11. The maximum absolute atomic E-state index is 3.54. The molecule has 2 N–H and O–H groups in total. The Morgan fingerprint density at radius 2 is 2.00 bits per heavy atom. The summed E-state index contributed by atoms with van der Waals surface area (Å²) in [5.74, 6) is 0. The van der Waals surface area contributed by atoms with Gasteiger partial charge in [0.05, 0.1) is 0 Å². The number of rotatable bonds is 4. The molecule has 0 spiro atoms. The minimum atomic E-state index is 0.683. The summed E-state index contributed by atoms with van der Waals surface area (Å²) in [6.07, 6.45) is 3.77. The first-order valence-corrected chi connectivity index (χ1v) is 5.93. The average Bonchev–Trinajstić information content (AvgIpc) is 2.32. The van der Waals surface area contributed by atoms with Crippen molar-refractivity contribution < 1.29 is 0 Å². The normalized spacial score (nSPS) is 21.5. The first kappa shape index (κ1) is 10.7. The third-order valence-electron chi connectivity index (χ3n) is 2.99. The number of nitrogens with one attached hydrogen (secondary N) is 2. The van der Waals surface area contributed by atoms with Crippen LogP contribution in [0.3, 0.4) is 0 Å². The molecule has 2 rings (SSSR count). The summed E-state index contributed by atoms with van der Waals surface area (Å²) in [5, 5.41) is 6.96. The standard InChI is InChI=1S/C13H20N2/c1-2-5-12(6-3-1)7-4-8-13-11-14-9-10-15-13/h1-3,5-6,13-15H,4,7-11H2. The minimum absolute atomic E-state index is 0.683. The Morgan fingerprint density at radius 1 is 1.13 bits per heavy atom. The fraction of sp³-hybridized carbons (Fsp3) is 0.538. The SMILES string of the molecule is c1ccc(CCCC2CNCCN2)cc1.